The third-order valence-electron chi connectivity index (χ3n) is 2.81. The van der Waals surface area contributed by atoms with Gasteiger partial charge in [0.25, 0.3) is 0 Å². The van der Waals surface area contributed by atoms with Gasteiger partial charge in [-0.1, -0.05) is 0 Å². The normalized spacial score (nSPS) is 29.4. The first-order chi connectivity index (χ1) is 6.76. The lowest BCUT2D eigenvalue weighted by atomic mass is 10.2. The van der Waals surface area contributed by atoms with Gasteiger partial charge in [-0.05, 0) is 33.1 Å². The Morgan fingerprint density at radius 3 is 2.79 bits per heavy atom. The molecule has 1 aliphatic rings. The molecule has 1 fully saturated rings. The third-order valence-corrected chi connectivity index (χ3v) is 2.81. The van der Waals surface area contributed by atoms with Crippen LogP contribution in [0, 0.1) is 0 Å². The summed E-state index contributed by atoms with van der Waals surface area (Å²) in [6, 6.07) is 1.07. The molecule has 1 rings (SSSR count). The fourth-order valence-corrected chi connectivity index (χ4v) is 2.05. The van der Waals surface area contributed by atoms with E-state index < -0.39 is 0 Å². The molecule has 0 amide bonds. The average molecular weight is 201 g/mol. The number of hydrogen-bond donors (Lipinski definition) is 1. The predicted molar refractivity (Wildman–Crippen MR) is 57.5 cm³/mol. The lowest BCUT2D eigenvalue weighted by Crippen LogP contribution is -2.38. The number of ether oxygens (including phenoxy) is 2. The molecule has 0 spiro atoms. The molecule has 0 aliphatic heterocycles. The second kappa shape index (κ2) is 6.38. The van der Waals surface area contributed by atoms with Gasteiger partial charge in [-0.2, -0.15) is 0 Å². The first kappa shape index (κ1) is 12.0. The Labute approximate surface area is 87.2 Å². The monoisotopic (exact) mass is 201 g/mol. The minimum Gasteiger partial charge on any atom is -0.381 e. The third kappa shape index (κ3) is 3.95. The maximum atomic E-state index is 5.36. The molecule has 0 radical (unpaired) electrons. The van der Waals surface area contributed by atoms with Crippen molar-refractivity contribution >= 4 is 0 Å². The van der Waals surface area contributed by atoms with E-state index in [1.807, 2.05) is 6.92 Å². The lowest BCUT2D eigenvalue weighted by molar-refractivity contribution is 0.102. The Morgan fingerprint density at radius 1 is 1.43 bits per heavy atom. The molecule has 14 heavy (non-hydrogen) atoms. The van der Waals surface area contributed by atoms with Crippen LogP contribution in [0.1, 0.15) is 33.1 Å². The van der Waals surface area contributed by atoms with E-state index in [1.54, 1.807) is 7.11 Å². The van der Waals surface area contributed by atoms with Crippen LogP contribution in [-0.2, 0) is 9.47 Å². The topological polar surface area (TPSA) is 30.5 Å². The molecule has 0 saturated heterocycles. The Morgan fingerprint density at radius 2 is 2.21 bits per heavy atom. The summed E-state index contributed by atoms with van der Waals surface area (Å²) in [7, 11) is 1.80. The zero-order chi connectivity index (χ0) is 10.4. The molecule has 3 heteroatoms. The van der Waals surface area contributed by atoms with E-state index in [0.29, 0.717) is 18.2 Å². The highest BCUT2D eigenvalue weighted by Crippen LogP contribution is 2.21. The molecule has 1 aliphatic carbocycles. The molecule has 3 nitrogen and oxygen atoms in total. The first-order valence-corrected chi connectivity index (χ1v) is 5.62. The van der Waals surface area contributed by atoms with Crippen molar-refractivity contribution in [2.45, 2.75) is 51.3 Å². The van der Waals surface area contributed by atoms with Gasteiger partial charge in [0.15, 0.2) is 0 Å². The maximum Gasteiger partial charge on any atom is 0.0616 e. The maximum absolute atomic E-state index is 5.36. The summed E-state index contributed by atoms with van der Waals surface area (Å²) in [5, 5.41) is 3.57. The van der Waals surface area contributed by atoms with Gasteiger partial charge >= 0.3 is 0 Å². The smallest absolute Gasteiger partial charge is 0.0616 e. The summed E-state index contributed by atoms with van der Waals surface area (Å²) >= 11 is 0. The highest BCUT2D eigenvalue weighted by Gasteiger charge is 2.24. The van der Waals surface area contributed by atoms with Gasteiger partial charge < -0.3 is 14.8 Å². The zero-order valence-corrected chi connectivity index (χ0v) is 9.58. The van der Waals surface area contributed by atoms with Gasteiger partial charge in [0.1, 0.15) is 0 Å². The first-order valence-electron chi connectivity index (χ1n) is 5.62. The van der Waals surface area contributed by atoms with Crippen LogP contribution in [0.15, 0.2) is 0 Å². The summed E-state index contributed by atoms with van der Waals surface area (Å²) in [5.74, 6) is 0. The van der Waals surface area contributed by atoms with Crippen molar-refractivity contribution in [3.8, 4) is 0 Å². The van der Waals surface area contributed by atoms with Crippen LogP contribution in [0.5, 0.6) is 0 Å². The van der Waals surface area contributed by atoms with Crippen LogP contribution in [0.25, 0.3) is 0 Å². The van der Waals surface area contributed by atoms with Crippen molar-refractivity contribution in [1.29, 1.82) is 0 Å². The van der Waals surface area contributed by atoms with Crippen molar-refractivity contribution < 1.29 is 9.47 Å². The molecule has 1 N–H and O–H groups in total. The van der Waals surface area contributed by atoms with Crippen LogP contribution in [-0.4, -0.2) is 38.5 Å². The van der Waals surface area contributed by atoms with E-state index in [2.05, 4.69) is 12.2 Å². The summed E-state index contributed by atoms with van der Waals surface area (Å²) in [5.41, 5.74) is 0. The van der Waals surface area contributed by atoms with Crippen molar-refractivity contribution in [2.24, 2.45) is 0 Å². The largest absolute Gasteiger partial charge is 0.381 e. The van der Waals surface area contributed by atoms with Crippen LogP contribution in [0.4, 0.5) is 0 Å². The molecule has 84 valence electrons. The average Bonchev–Trinajstić information content (AvgIpc) is 2.62. The quantitative estimate of drug-likeness (QED) is 0.707. The second-order valence-electron chi connectivity index (χ2n) is 4.09. The fourth-order valence-electron chi connectivity index (χ4n) is 2.05. The molecule has 0 aromatic rings. The second-order valence-corrected chi connectivity index (χ2v) is 4.09. The molecule has 0 aromatic carbocycles. The van der Waals surface area contributed by atoms with E-state index in [-0.39, 0.29) is 0 Å². The van der Waals surface area contributed by atoms with Crippen LogP contribution >= 0.6 is 0 Å². The van der Waals surface area contributed by atoms with Gasteiger partial charge in [-0.3, -0.25) is 0 Å². The minimum absolute atomic E-state index is 0.454. The molecular weight excluding hydrogens is 178 g/mol. The Bertz CT molecular complexity index is 152. The zero-order valence-electron chi connectivity index (χ0n) is 9.58. The van der Waals surface area contributed by atoms with Gasteiger partial charge in [0.05, 0.1) is 12.7 Å². The van der Waals surface area contributed by atoms with E-state index >= 15 is 0 Å². The number of rotatable bonds is 6. The molecule has 0 heterocycles. The fraction of sp³-hybridized carbons (Fsp3) is 1.00. The predicted octanol–water partition coefficient (Wildman–Crippen LogP) is 1.57. The summed E-state index contributed by atoms with van der Waals surface area (Å²) in [6.45, 7) is 5.82. The molecule has 1 saturated carbocycles. The molecule has 3 atom stereocenters. The highest BCUT2D eigenvalue weighted by molar-refractivity contribution is 4.82. The standard InChI is InChI=1S/C11H23NO2/c1-4-14-8-9(2)12-10-5-6-11(7-10)13-3/h9-12H,4-8H2,1-3H3. The number of methoxy groups -OCH3 is 1. The lowest BCUT2D eigenvalue weighted by Gasteiger charge is -2.19. The SMILES string of the molecule is CCOCC(C)NC1CCC(OC)C1. The van der Waals surface area contributed by atoms with Crippen molar-refractivity contribution in [2.75, 3.05) is 20.3 Å². The van der Waals surface area contributed by atoms with Crippen LogP contribution < -0.4 is 5.32 Å². The van der Waals surface area contributed by atoms with Crippen molar-refractivity contribution in [3.05, 3.63) is 0 Å². The minimum atomic E-state index is 0.454. The summed E-state index contributed by atoms with van der Waals surface area (Å²) < 4.78 is 10.7. The van der Waals surface area contributed by atoms with Crippen LogP contribution in [0.2, 0.25) is 0 Å². The van der Waals surface area contributed by atoms with E-state index in [9.17, 15) is 0 Å². The van der Waals surface area contributed by atoms with E-state index in [4.69, 9.17) is 9.47 Å². The van der Waals surface area contributed by atoms with Gasteiger partial charge in [0, 0.05) is 25.8 Å². The van der Waals surface area contributed by atoms with Gasteiger partial charge in [-0.15, -0.1) is 0 Å². The molecule has 0 aromatic heterocycles. The Balaban J connectivity index is 2.12. The van der Waals surface area contributed by atoms with Crippen molar-refractivity contribution in [3.63, 3.8) is 0 Å². The van der Waals surface area contributed by atoms with Crippen LogP contribution in [0.3, 0.4) is 0 Å². The highest BCUT2D eigenvalue weighted by atomic mass is 16.5. The summed E-state index contributed by atoms with van der Waals surface area (Å²) in [4.78, 5) is 0. The van der Waals surface area contributed by atoms with Gasteiger partial charge in [0.2, 0.25) is 0 Å². The number of nitrogens with one attached hydrogen (secondary N) is 1. The van der Waals surface area contributed by atoms with Crippen molar-refractivity contribution in [1.82, 2.24) is 5.32 Å². The van der Waals surface area contributed by atoms with E-state index in [0.717, 1.165) is 19.6 Å². The molecule has 3 unspecified atom stereocenters. The van der Waals surface area contributed by atoms with E-state index in [1.165, 1.54) is 12.8 Å². The Hall–Kier alpha value is -0.120. The van der Waals surface area contributed by atoms with Gasteiger partial charge in [-0.25, -0.2) is 0 Å². The Kier molecular flexibility index (Phi) is 5.45. The molecule has 0 bridgehead atoms. The molecular formula is C11H23NO2. The number of hydrogen-bond acceptors (Lipinski definition) is 3. The summed E-state index contributed by atoms with van der Waals surface area (Å²) in [6.07, 6.45) is 4.03.